The third kappa shape index (κ3) is 6.61. The Morgan fingerprint density at radius 2 is 2.03 bits per heavy atom. The van der Waals surface area contributed by atoms with E-state index in [9.17, 15) is 4.79 Å². The largest absolute Gasteiger partial charge is 0.356 e. The highest BCUT2D eigenvalue weighted by Gasteiger charge is 2.29. The second kappa shape index (κ2) is 11.4. The van der Waals surface area contributed by atoms with E-state index in [2.05, 4.69) is 37.3 Å². The zero-order chi connectivity index (χ0) is 21.2. The summed E-state index contributed by atoms with van der Waals surface area (Å²) in [6.07, 6.45) is 7.55. The number of nitrogens with one attached hydrogen (secondary N) is 2. The highest BCUT2D eigenvalue weighted by atomic mass is 16.2. The summed E-state index contributed by atoms with van der Waals surface area (Å²) in [4.78, 5) is 22.9. The second-order valence-electron chi connectivity index (χ2n) is 7.90. The normalized spacial score (nSPS) is 16.9. The number of hydrogen-bond acceptors (Lipinski definition) is 3. The second-order valence-corrected chi connectivity index (χ2v) is 7.90. The van der Waals surface area contributed by atoms with E-state index in [-0.39, 0.29) is 5.91 Å². The summed E-state index contributed by atoms with van der Waals surface area (Å²) in [6.45, 7) is 6.27. The molecule has 1 unspecified atom stereocenters. The molecular weight excluding hydrogens is 376 g/mol. The van der Waals surface area contributed by atoms with Crippen molar-refractivity contribution in [1.82, 2.24) is 25.1 Å². The first kappa shape index (κ1) is 21.9. The topological polar surface area (TPSA) is 74.5 Å². The first-order valence-corrected chi connectivity index (χ1v) is 10.9. The van der Waals surface area contributed by atoms with E-state index in [1.54, 1.807) is 7.05 Å². The molecule has 7 heteroatoms. The van der Waals surface area contributed by atoms with Crippen molar-refractivity contribution < 1.29 is 4.79 Å². The first-order chi connectivity index (χ1) is 14.7. The van der Waals surface area contributed by atoms with Gasteiger partial charge >= 0.3 is 0 Å². The molecule has 162 valence electrons. The number of benzene rings is 1. The Morgan fingerprint density at radius 1 is 1.20 bits per heavy atom. The van der Waals surface area contributed by atoms with Crippen LogP contribution in [0.1, 0.15) is 30.7 Å². The number of imidazole rings is 1. The molecule has 0 spiro atoms. The monoisotopic (exact) mass is 410 g/mol. The Hall–Kier alpha value is -2.83. The van der Waals surface area contributed by atoms with Crippen LogP contribution in [-0.4, -0.2) is 59.5 Å². The standard InChI is InChI=1S/C23H34N6O/c1-19-25-12-15-28(19)13-7-6-11-26-23(24-2)27-17-21-16-22(30)29(18-21)14-10-20-8-4-3-5-9-20/h3-5,8-9,12,15,21H,6-7,10-11,13-14,16-18H2,1-2H3,(H2,24,26,27). The van der Waals surface area contributed by atoms with Crippen LogP contribution >= 0.6 is 0 Å². The van der Waals surface area contributed by atoms with Crippen LogP contribution < -0.4 is 10.6 Å². The molecular formula is C23H34N6O. The molecule has 1 aliphatic rings. The van der Waals surface area contributed by atoms with Gasteiger partial charge in [0, 0.05) is 64.5 Å². The highest BCUT2D eigenvalue weighted by molar-refractivity contribution is 5.80. The maximum Gasteiger partial charge on any atom is 0.223 e. The van der Waals surface area contributed by atoms with Gasteiger partial charge in [-0.3, -0.25) is 9.79 Å². The van der Waals surface area contributed by atoms with Crippen LogP contribution in [-0.2, 0) is 17.8 Å². The molecule has 30 heavy (non-hydrogen) atoms. The van der Waals surface area contributed by atoms with Gasteiger partial charge in [0.15, 0.2) is 5.96 Å². The van der Waals surface area contributed by atoms with Crippen LogP contribution in [0.25, 0.3) is 0 Å². The third-order valence-corrected chi connectivity index (χ3v) is 5.63. The average molecular weight is 411 g/mol. The van der Waals surface area contributed by atoms with Gasteiger partial charge in [-0.15, -0.1) is 0 Å². The van der Waals surface area contributed by atoms with Crippen molar-refractivity contribution in [3.8, 4) is 0 Å². The van der Waals surface area contributed by atoms with Crippen LogP contribution in [0.3, 0.4) is 0 Å². The van der Waals surface area contributed by atoms with E-state index < -0.39 is 0 Å². The summed E-state index contributed by atoms with van der Waals surface area (Å²) in [6, 6.07) is 10.3. The van der Waals surface area contributed by atoms with Crippen molar-refractivity contribution in [1.29, 1.82) is 0 Å². The number of unbranched alkanes of at least 4 members (excludes halogenated alkanes) is 1. The maximum absolute atomic E-state index is 12.3. The average Bonchev–Trinajstić information content (AvgIpc) is 3.34. The lowest BCUT2D eigenvalue weighted by atomic mass is 10.1. The number of aryl methyl sites for hydroxylation is 2. The Balaban J connectivity index is 1.30. The van der Waals surface area contributed by atoms with Gasteiger partial charge in [-0.1, -0.05) is 30.3 Å². The lowest BCUT2D eigenvalue weighted by Crippen LogP contribution is -2.40. The van der Waals surface area contributed by atoms with Crippen LogP contribution in [0.5, 0.6) is 0 Å². The van der Waals surface area contributed by atoms with Gasteiger partial charge in [0.25, 0.3) is 0 Å². The quantitative estimate of drug-likeness (QED) is 0.358. The number of aromatic nitrogens is 2. The minimum absolute atomic E-state index is 0.260. The number of hydrogen-bond donors (Lipinski definition) is 2. The van der Waals surface area contributed by atoms with Gasteiger partial charge in [-0.25, -0.2) is 4.98 Å². The van der Waals surface area contributed by atoms with Crippen molar-refractivity contribution in [2.45, 2.75) is 39.2 Å². The summed E-state index contributed by atoms with van der Waals surface area (Å²) in [5, 5.41) is 6.76. The molecule has 1 atom stereocenters. The predicted molar refractivity (Wildman–Crippen MR) is 120 cm³/mol. The molecule has 3 rings (SSSR count). The van der Waals surface area contributed by atoms with Crippen LogP contribution in [0.15, 0.2) is 47.7 Å². The number of carbonyl (C=O) groups excluding carboxylic acids is 1. The number of aliphatic imine (C=N–C) groups is 1. The Morgan fingerprint density at radius 3 is 2.77 bits per heavy atom. The molecule has 1 aromatic carbocycles. The fourth-order valence-corrected chi connectivity index (χ4v) is 3.83. The molecule has 0 bridgehead atoms. The van der Waals surface area contributed by atoms with Crippen molar-refractivity contribution in [3.63, 3.8) is 0 Å². The molecule has 2 aromatic rings. The number of guanidine groups is 1. The van der Waals surface area contributed by atoms with E-state index in [0.29, 0.717) is 12.3 Å². The number of carbonyl (C=O) groups is 1. The minimum atomic E-state index is 0.260. The van der Waals surface area contributed by atoms with Crippen molar-refractivity contribution >= 4 is 11.9 Å². The first-order valence-electron chi connectivity index (χ1n) is 10.9. The molecule has 0 radical (unpaired) electrons. The van der Waals surface area contributed by atoms with Crippen molar-refractivity contribution in [3.05, 3.63) is 54.1 Å². The fourth-order valence-electron chi connectivity index (χ4n) is 3.83. The van der Waals surface area contributed by atoms with Crippen LogP contribution in [0, 0.1) is 12.8 Å². The molecule has 2 N–H and O–H groups in total. The molecule has 1 amide bonds. The molecule has 0 aliphatic carbocycles. The Kier molecular flexibility index (Phi) is 8.30. The molecule has 1 fully saturated rings. The number of amides is 1. The SMILES string of the molecule is CN=C(NCCCCn1ccnc1C)NCC1CC(=O)N(CCc2ccccc2)C1. The van der Waals surface area contributed by atoms with E-state index in [1.165, 1.54) is 5.56 Å². The van der Waals surface area contributed by atoms with Gasteiger partial charge in [0.1, 0.15) is 5.82 Å². The lowest BCUT2D eigenvalue weighted by molar-refractivity contribution is -0.127. The van der Waals surface area contributed by atoms with Gasteiger partial charge in [0.2, 0.25) is 5.91 Å². The number of rotatable bonds is 10. The minimum Gasteiger partial charge on any atom is -0.356 e. The van der Waals surface area contributed by atoms with Crippen molar-refractivity contribution in [2.24, 2.45) is 10.9 Å². The highest BCUT2D eigenvalue weighted by Crippen LogP contribution is 2.17. The maximum atomic E-state index is 12.3. The zero-order valence-electron chi connectivity index (χ0n) is 18.2. The van der Waals surface area contributed by atoms with Gasteiger partial charge < -0.3 is 20.1 Å². The van der Waals surface area contributed by atoms with Gasteiger partial charge in [0.05, 0.1) is 0 Å². The summed E-state index contributed by atoms with van der Waals surface area (Å²) in [5.74, 6) is 2.46. The molecule has 1 aromatic heterocycles. The van der Waals surface area contributed by atoms with E-state index in [1.807, 2.05) is 42.4 Å². The summed E-state index contributed by atoms with van der Waals surface area (Å²) >= 11 is 0. The Labute approximate surface area is 179 Å². The van der Waals surface area contributed by atoms with E-state index in [0.717, 1.165) is 63.8 Å². The molecule has 2 heterocycles. The zero-order valence-corrected chi connectivity index (χ0v) is 18.2. The Bertz CT molecular complexity index is 816. The fraction of sp³-hybridized carbons (Fsp3) is 0.522. The molecule has 1 aliphatic heterocycles. The molecule has 0 saturated carbocycles. The van der Waals surface area contributed by atoms with E-state index in [4.69, 9.17) is 0 Å². The smallest absolute Gasteiger partial charge is 0.223 e. The van der Waals surface area contributed by atoms with E-state index >= 15 is 0 Å². The molecule has 1 saturated heterocycles. The lowest BCUT2D eigenvalue weighted by Gasteiger charge is -2.18. The third-order valence-electron chi connectivity index (χ3n) is 5.63. The predicted octanol–water partition coefficient (Wildman–Crippen LogP) is 2.23. The van der Waals surface area contributed by atoms with Crippen LogP contribution in [0.4, 0.5) is 0 Å². The van der Waals surface area contributed by atoms with Gasteiger partial charge in [-0.2, -0.15) is 0 Å². The molecule has 7 nitrogen and oxygen atoms in total. The van der Waals surface area contributed by atoms with Crippen LogP contribution in [0.2, 0.25) is 0 Å². The van der Waals surface area contributed by atoms with Crippen molar-refractivity contribution in [2.75, 3.05) is 33.2 Å². The summed E-state index contributed by atoms with van der Waals surface area (Å²) in [5.41, 5.74) is 1.28. The number of nitrogens with zero attached hydrogens (tertiary/aromatic N) is 4. The summed E-state index contributed by atoms with van der Waals surface area (Å²) in [7, 11) is 1.79. The van der Waals surface area contributed by atoms with Gasteiger partial charge in [-0.05, 0) is 31.7 Å². The number of likely N-dealkylation sites (tertiary alicyclic amines) is 1. The summed E-state index contributed by atoms with van der Waals surface area (Å²) < 4.78 is 2.17.